The Morgan fingerprint density at radius 3 is 1.55 bits per heavy atom. The highest BCUT2D eigenvalue weighted by Gasteiger charge is 2.35. The Bertz CT molecular complexity index is 1750. The van der Waals surface area contributed by atoms with E-state index in [-0.39, 0.29) is 18.8 Å². The molecule has 51 heavy (non-hydrogen) atoms. The second-order valence-electron chi connectivity index (χ2n) is 12.5. The standard InChI is InChI=1S/C39H46N3O8P/c1-4-27(2)37(40-28(3)43)39(45)41-35(23-29-15-19-33(20-16-29)49-25-31-11-7-5-8-12-31)38(44)42-36(51(46,47)48)24-30-17-21-34(22-18-30)50-26-32-13-9-6-10-14-32/h5-22,27,35-37H,4,23-26H2,1-3H3,(H,40,43)(H,41,45)(H,42,44)(H2,46,47,48)/t27-,35+,36-,37-/m1/s1. The van der Waals surface area contributed by atoms with Crippen LogP contribution in [0.3, 0.4) is 0 Å². The summed E-state index contributed by atoms with van der Waals surface area (Å²) in [7, 11) is -4.86. The van der Waals surface area contributed by atoms with E-state index in [4.69, 9.17) is 9.47 Å². The molecule has 0 unspecified atom stereocenters. The van der Waals surface area contributed by atoms with E-state index in [1.165, 1.54) is 6.92 Å². The molecule has 0 bridgehead atoms. The zero-order chi connectivity index (χ0) is 36.8. The monoisotopic (exact) mass is 715 g/mol. The van der Waals surface area contributed by atoms with E-state index < -0.39 is 43.2 Å². The SMILES string of the molecule is CC[C@@H](C)[C@@H](NC(C)=O)C(=O)N[C@@H](Cc1ccc(OCc2ccccc2)cc1)C(=O)N[C@@H](Cc1ccc(OCc2ccccc2)cc1)P(=O)(O)O. The predicted molar refractivity (Wildman–Crippen MR) is 195 cm³/mol. The number of carbonyl (C=O) groups excluding carboxylic acids is 3. The Balaban J connectivity index is 1.49. The molecule has 4 rings (SSSR count). The van der Waals surface area contributed by atoms with Gasteiger partial charge in [-0.2, -0.15) is 0 Å². The Hall–Kier alpha value is -4.96. The van der Waals surface area contributed by atoms with Gasteiger partial charge < -0.3 is 35.2 Å². The molecule has 5 N–H and O–H groups in total. The lowest BCUT2D eigenvalue weighted by Crippen LogP contribution is -2.57. The average Bonchev–Trinajstić information content (AvgIpc) is 3.12. The number of hydrogen-bond acceptors (Lipinski definition) is 6. The van der Waals surface area contributed by atoms with E-state index >= 15 is 0 Å². The van der Waals surface area contributed by atoms with E-state index in [9.17, 15) is 28.7 Å². The van der Waals surface area contributed by atoms with E-state index in [0.717, 1.165) is 11.1 Å². The van der Waals surface area contributed by atoms with E-state index in [2.05, 4.69) is 16.0 Å². The highest BCUT2D eigenvalue weighted by Crippen LogP contribution is 2.41. The second-order valence-corrected chi connectivity index (χ2v) is 14.3. The lowest BCUT2D eigenvalue weighted by molar-refractivity contribution is -0.132. The number of amides is 3. The first-order valence-corrected chi connectivity index (χ1v) is 18.5. The predicted octanol–water partition coefficient (Wildman–Crippen LogP) is 5.29. The first-order valence-electron chi connectivity index (χ1n) is 16.9. The van der Waals surface area contributed by atoms with Crippen LogP contribution < -0.4 is 25.4 Å². The molecule has 12 heteroatoms. The molecular weight excluding hydrogens is 669 g/mol. The van der Waals surface area contributed by atoms with Crippen molar-refractivity contribution >= 4 is 25.3 Å². The van der Waals surface area contributed by atoms with Crippen LogP contribution in [0.25, 0.3) is 0 Å². The molecule has 4 aromatic rings. The van der Waals surface area contributed by atoms with Gasteiger partial charge in [0.1, 0.15) is 42.6 Å². The van der Waals surface area contributed by atoms with Crippen LogP contribution in [-0.2, 0) is 45.0 Å². The van der Waals surface area contributed by atoms with Crippen LogP contribution in [-0.4, -0.2) is 45.4 Å². The van der Waals surface area contributed by atoms with Crippen LogP contribution in [0.15, 0.2) is 109 Å². The fraction of sp³-hybridized carbons (Fsp3) is 0.308. The van der Waals surface area contributed by atoms with Crippen molar-refractivity contribution < 1.29 is 38.2 Å². The highest BCUT2D eigenvalue weighted by atomic mass is 31.2. The summed E-state index contributed by atoms with van der Waals surface area (Å²) >= 11 is 0. The van der Waals surface area contributed by atoms with Crippen LogP contribution >= 0.6 is 7.60 Å². The van der Waals surface area contributed by atoms with Crippen molar-refractivity contribution in [2.45, 2.75) is 71.1 Å². The molecule has 0 fully saturated rings. The maximum Gasteiger partial charge on any atom is 0.347 e. The highest BCUT2D eigenvalue weighted by molar-refractivity contribution is 7.52. The zero-order valence-corrected chi connectivity index (χ0v) is 29.9. The minimum Gasteiger partial charge on any atom is -0.489 e. The average molecular weight is 716 g/mol. The summed E-state index contributed by atoms with van der Waals surface area (Å²) in [6.07, 6.45) is 0.408. The molecule has 0 spiro atoms. The number of hydrogen-bond donors (Lipinski definition) is 5. The summed E-state index contributed by atoms with van der Waals surface area (Å²) < 4.78 is 24.4. The van der Waals surface area contributed by atoms with Gasteiger partial charge in [-0.3, -0.25) is 18.9 Å². The molecule has 0 aliphatic carbocycles. The van der Waals surface area contributed by atoms with Crippen LogP contribution in [0.4, 0.5) is 0 Å². The zero-order valence-electron chi connectivity index (χ0n) is 29.0. The fourth-order valence-corrected chi connectivity index (χ4v) is 6.04. The summed E-state index contributed by atoms with van der Waals surface area (Å²) in [4.78, 5) is 59.8. The maximum absolute atomic E-state index is 13.8. The Morgan fingerprint density at radius 2 is 1.12 bits per heavy atom. The van der Waals surface area contributed by atoms with Gasteiger partial charge in [-0.25, -0.2) is 0 Å². The van der Waals surface area contributed by atoms with Crippen molar-refractivity contribution in [3.05, 3.63) is 131 Å². The topological polar surface area (TPSA) is 163 Å². The largest absolute Gasteiger partial charge is 0.489 e. The van der Waals surface area contributed by atoms with Gasteiger partial charge in [-0.1, -0.05) is 105 Å². The molecule has 0 saturated carbocycles. The van der Waals surface area contributed by atoms with Crippen molar-refractivity contribution in [2.24, 2.45) is 5.92 Å². The minimum absolute atomic E-state index is 0.00512. The summed E-state index contributed by atoms with van der Waals surface area (Å²) in [5.41, 5.74) is 3.22. The molecule has 0 aliphatic heterocycles. The number of nitrogens with one attached hydrogen (secondary N) is 3. The van der Waals surface area contributed by atoms with Crippen molar-refractivity contribution in [2.75, 3.05) is 0 Å². The normalized spacial score (nSPS) is 13.6. The van der Waals surface area contributed by atoms with Crippen molar-refractivity contribution in [1.82, 2.24) is 16.0 Å². The molecule has 0 aromatic heterocycles. The van der Waals surface area contributed by atoms with E-state index in [1.807, 2.05) is 74.5 Å². The van der Waals surface area contributed by atoms with Gasteiger partial charge in [-0.05, 0) is 52.4 Å². The molecule has 4 atom stereocenters. The van der Waals surface area contributed by atoms with Gasteiger partial charge in [0.2, 0.25) is 17.7 Å². The Labute approximate surface area is 298 Å². The van der Waals surface area contributed by atoms with Gasteiger partial charge in [-0.15, -0.1) is 0 Å². The van der Waals surface area contributed by atoms with Gasteiger partial charge in [0.05, 0.1) is 0 Å². The first kappa shape index (κ1) is 38.8. The van der Waals surface area contributed by atoms with Crippen LogP contribution in [0.1, 0.15) is 49.4 Å². The smallest absolute Gasteiger partial charge is 0.347 e. The van der Waals surface area contributed by atoms with Gasteiger partial charge in [0.25, 0.3) is 0 Å². The quantitative estimate of drug-likeness (QED) is 0.0869. The van der Waals surface area contributed by atoms with Crippen LogP contribution in [0.2, 0.25) is 0 Å². The van der Waals surface area contributed by atoms with Gasteiger partial charge in [0, 0.05) is 19.8 Å². The molecule has 0 aliphatic rings. The van der Waals surface area contributed by atoms with E-state index in [0.29, 0.717) is 42.3 Å². The number of rotatable bonds is 18. The summed E-state index contributed by atoms with van der Waals surface area (Å²) in [5, 5.41) is 7.90. The molecule has 11 nitrogen and oxygen atoms in total. The minimum atomic E-state index is -4.86. The summed E-state index contributed by atoms with van der Waals surface area (Å²) in [6.45, 7) is 5.73. The molecular formula is C39H46N3O8P. The number of carbonyl (C=O) groups is 3. The summed E-state index contributed by atoms with van der Waals surface area (Å²) in [5.74, 6) is -2.41. The summed E-state index contributed by atoms with van der Waals surface area (Å²) in [6, 6.07) is 31.0. The Morgan fingerprint density at radius 1 is 0.647 bits per heavy atom. The number of ether oxygens (including phenoxy) is 2. The Kier molecular flexibility index (Phi) is 14.4. The molecule has 0 radical (unpaired) electrons. The fourth-order valence-electron chi connectivity index (χ4n) is 5.29. The molecule has 3 amide bonds. The van der Waals surface area contributed by atoms with Crippen LogP contribution in [0.5, 0.6) is 11.5 Å². The first-order chi connectivity index (χ1) is 24.4. The van der Waals surface area contributed by atoms with Gasteiger partial charge >= 0.3 is 7.60 Å². The molecule has 270 valence electrons. The molecule has 4 aromatic carbocycles. The third kappa shape index (κ3) is 12.7. The number of benzene rings is 4. The lowest BCUT2D eigenvalue weighted by atomic mass is 9.97. The van der Waals surface area contributed by atoms with Crippen LogP contribution in [0, 0.1) is 5.92 Å². The third-order valence-electron chi connectivity index (χ3n) is 8.41. The third-order valence-corrected chi connectivity index (χ3v) is 9.54. The van der Waals surface area contributed by atoms with E-state index in [1.54, 1.807) is 48.5 Å². The molecule has 0 saturated heterocycles. The maximum atomic E-state index is 13.8. The van der Waals surface area contributed by atoms with Crippen molar-refractivity contribution in [1.29, 1.82) is 0 Å². The van der Waals surface area contributed by atoms with Crippen molar-refractivity contribution in [3.8, 4) is 11.5 Å². The molecule has 0 heterocycles. The lowest BCUT2D eigenvalue weighted by Gasteiger charge is -2.28. The van der Waals surface area contributed by atoms with Gasteiger partial charge in [0.15, 0.2) is 0 Å². The second kappa shape index (κ2) is 18.9. The van der Waals surface area contributed by atoms with Crippen molar-refractivity contribution in [3.63, 3.8) is 0 Å².